The van der Waals surface area contributed by atoms with Crippen molar-refractivity contribution in [3.05, 3.63) is 12.3 Å². The molecule has 112 valence electrons. The van der Waals surface area contributed by atoms with Crippen LogP contribution in [0.4, 0.5) is 11.8 Å². The normalized spacial score (nSPS) is 21.4. The lowest BCUT2D eigenvalue weighted by molar-refractivity contribution is -0.0864. The Hall–Kier alpha value is -1.36. The third kappa shape index (κ3) is 3.60. The third-order valence-electron chi connectivity index (χ3n) is 4.12. The molecule has 1 aliphatic heterocycles. The quantitative estimate of drug-likeness (QED) is 0.837. The molecular formula is C15H26N4O. The van der Waals surface area contributed by atoms with Crippen LogP contribution in [0, 0.1) is 0 Å². The average Bonchev–Trinajstić information content (AvgIpc) is 2.48. The molecule has 1 unspecified atom stereocenters. The van der Waals surface area contributed by atoms with E-state index in [4.69, 9.17) is 4.74 Å². The Kier molecular flexibility index (Phi) is 5.17. The van der Waals surface area contributed by atoms with Crippen LogP contribution in [0.25, 0.3) is 0 Å². The largest absolute Gasteiger partial charge is 0.375 e. The molecule has 0 amide bonds. The molecule has 0 aromatic carbocycles. The van der Waals surface area contributed by atoms with Gasteiger partial charge in [0.2, 0.25) is 5.95 Å². The van der Waals surface area contributed by atoms with Gasteiger partial charge in [0.15, 0.2) is 0 Å². The van der Waals surface area contributed by atoms with Crippen molar-refractivity contribution in [1.82, 2.24) is 9.97 Å². The first-order valence-corrected chi connectivity index (χ1v) is 7.68. The molecule has 5 heteroatoms. The summed E-state index contributed by atoms with van der Waals surface area (Å²) in [5, 5.41) is 6.67. The maximum Gasteiger partial charge on any atom is 0.224 e. The highest BCUT2D eigenvalue weighted by Gasteiger charge is 2.34. The van der Waals surface area contributed by atoms with Crippen molar-refractivity contribution in [3.63, 3.8) is 0 Å². The maximum absolute atomic E-state index is 6.01. The van der Waals surface area contributed by atoms with Crippen LogP contribution < -0.4 is 10.6 Å². The molecule has 0 radical (unpaired) electrons. The van der Waals surface area contributed by atoms with Gasteiger partial charge in [-0.25, -0.2) is 4.98 Å². The summed E-state index contributed by atoms with van der Waals surface area (Å²) in [6.45, 7) is 8.11. The lowest BCUT2D eigenvalue weighted by atomic mass is 9.86. The van der Waals surface area contributed by atoms with Crippen molar-refractivity contribution < 1.29 is 4.74 Å². The molecule has 5 nitrogen and oxygen atoms in total. The maximum atomic E-state index is 6.01. The topological polar surface area (TPSA) is 59.1 Å². The van der Waals surface area contributed by atoms with Gasteiger partial charge in [-0.1, -0.05) is 13.8 Å². The molecule has 1 aliphatic rings. The summed E-state index contributed by atoms with van der Waals surface area (Å²) in [5.74, 6) is 1.57. The van der Waals surface area contributed by atoms with E-state index in [9.17, 15) is 0 Å². The Morgan fingerprint density at radius 2 is 2.15 bits per heavy atom. The molecule has 1 saturated heterocycles. The molecule has 1 aromatic heterocycles. The molecule has 0 aliphatic carbocycles. The second-order valence-electron chi connectivity index (χ2n) is 5.37. The first-order chi connectivity index (χ1) is 9.71. The van der Waals surface area contributed by atoms with Crippen molar-refractivity contribution in [2.75, 3.05) is 23.8 Å². The number of nitrogens with one attached hydrogen (secondary N) is 2. The number of hydrogen-bond donors (Lipinski definition) is 2. The first kappa shape index (κ1) is 15.0. The minimum atomic E-state index is 0.0352. The van der Waals surface area contributed by atoms with E-state index >= 15 is 0 Å². The number of anilines is 2. The summed E-state index contributed by atoms with van der Waals surface area (Å²) in [4.78, 5) is 8.68. The van der Waals surface area contributed by atoms with Gasteiger partial charge in [-0.3, -0.25) is 0 Å². The van der Waals surface area contributed by atoms with Crippen LogP contribution in [0.2, 0.25) is 0 Å². The van der Waals surface area contributed by atoms with Crippen molar-refractivity contribution in [3.8, 4) is 0 Å². The lowest BCUT2D eigenvalue weighted by Gasteiger charge is -2.40. The first-order valence-electron chi connectivity index (χ1n) is 7.68. The summed E-state index contributed by atoms with van der Waals surface area (Å²) in [6, 6.07) is 2.35. The van der Waals surface area contributed by atoms with E-state index in [0.717, 1.165) is 44.7 Å². The SMILES string of the molecule is CCNc1nccc(NC2CCOC(CC)(CC)C2)n1. The molecule has 1 aromatic rings. The van der Waals surface area contributed by atoms with Crippen LogP contribution in [-0.2, 0) is 4.74 Å². The zero-order valence-electron chi connectivity index (χ0n) is 12.8. The highest BCUT2D eigenvalue weighted by atomic mass is 16.5. The van der Waals surface area contributed by atoms with Gasteiger partial charge in [-0.2, -0.15) is 4.98 Å². The number of rotatable bonds is 6. The second-order valence-corrected chi connectivity index (χ2v) is 5.37. The highest BCUT2D eigenvalue weighted by Crippen LogP contribution is 2.32. The van der Waals surface area contributed by atoms with E-state index < -0.39 is 0 Å². The van der Waals surface area contributed by atoms with Gasteiger partial charge in [0.05, 0.1) is 5.60 Å². The molecule has 2 N–H and O–H groups in total. The summed E-state index contributed by atoms with van der Waals surface area (Å²) in [7, 11) is 0. The minimum Gasteiger partial charge on any atom is -0.375 e. The fourth-order valence-corrected chi connectivity index (χ4v) is 2.79. The molecular weight excluding hydrogens is 252 g/mol. The Morgan fingerprint density at radius 3 is 2.85 bits per heavy atom. The van der Waals surface area contributed by atoms with Crippen molar-refractivity contribution in [1.29, 1.82) is 0 Å². The van der Waals surface area contributed by atoms with E-state index in [1.807, 2.05) is 13.0 Å². The van der Waals surface area contributed by atoms with E-state index in [1.54, 1.807) is 6.20 Å². The molecule has 2 rings (SSSR count). The molecule has 1 fully saturated rings. The summed E-state index contributed by atoms with van der Waals surface area (Å²) in [6.07, 6.45) is 5.99. The van der Waals surface area contributed by atoms with E-state index in [1.165, 1.54) is 0 Å². The molecule has 0 saturated carbocycles. The number of nitrogens with zero attached hydrogens (tertiary/aromatic N) is 2. The van der Waals surface area contributed by atoms with Gasteiger partial charge in [0.1, 0.15) is 5.82 Å². The lowest BCUT2D eigenvalue weighted by Crippen LogP contribution is -2.43. The van der Waals surface area contributed by atoms with Gasteiger partial charge in [0.25, 0.3) is 0 Å². The van der Waals surface area contributed by atoms with Crippen LogP contribution in [-0.4, -0.2) is 34.8 Å². The number of ether oxygens (including phenoxy) is 1. The van der Waals surface area contributed by atoms with Crippen LogP contribution in [0.1, 0.15) is 46.5 Å². The average molecular weight is 278 g/mol. The van der Waals surface area contributed by atoms with Crippen molar-refractivity contribution >= 4 is 11.8 Å². The van der Waals surface area contributed by atoms with Gasteiger partial charge in [0, 0.05) is 25.4 Å². The monoisotopic (exact) mass is 278 g/mol. The van der Waals surface area contributed by atoms with Crippen LogP contribution in [0.5, 0.6) is 0 Å². The standard InChI is InChI=1S/C15H26N4O/c1-4-15(5-2)11-12(8-10-20-15)18-13-7-9-17-14(19-13)16-6-3/h7,9,12H,4-6,8,10-11H2,1-3H3,(H2,16,17,18,19). The van der Waals surface area contributed by atoms with Crippen molar-refractivity contribution in [2.24, 2.45) is 0 Å². The van der Waals surface area contributed by atoms with E-state index in [-0.39, 0.29) is 5.60 Å². The molecule has 0 bridgehead atoms. The van der Waals surface area contributed by atoms with Crippen LogP contribution in [0.3, 0.4) is 0 Å². The minimum absolute atomic E-state index is 0.0352. The smallest absolute Gasteiger partial charge is 0.224 e. The van der Waals surface area contributed by atoms with Crippen molar-refractivity contribution in [2.45, 2.75) is 58.1 Å². The van der Waals surface area contributed by atoms with E-state index in [0.29, 0.717) is 12.0 Å². The Morgan fingerprint density at radius 1 is 1.35 bits per heavy atom. The highest BCUT2D eigenvalue weighted by molar-refractivity contribution is 5.40. The zero-order chi connectivity index (χ0) is 14.4. The third-order valence-corrected chi connectivity index (χ3v) is 4.12. The van der Waals surface area contributed by atoms with Gasteiger partial charge < -0.3 is 15.4 Å². The number of hydrogen-bond acceptors (Lipinski definition) is 5. The summed E-state index contributed by atoms with van der Waals surface area (Å²) in [5.41, 5.74) is 0.0352. The second kappa shape index (κ2) is 6.88. The molecule has 1 atom stereocenters. The van der Waals surface area contributed by atoms with Gasteiger partial charge in [-0.15, -0.1) is 0 Å². The fraction of sp³-hybridized carbons (Fsp3) is 0.733. The Balaban J connectivity index is 2.00. The zero-order valence-corrected chi connectivity index (χ0v) is 12.8. The summed E-state index contributed by atoms with van der Waals surface area (Å²) < 4.78 is 6.01. The molecule has 0 spiro atoms. The number of aromatic nitrogens is 2. The fourth-order valence-electron chi connectivity index (χ4n) is 2.79. The van der Waals surface area contributed by atoms with Gasteiger partial charge in [-0.05, 0) is 38.7 Å². The Labute approximate surface area is 121 Å². The summed E-state index contributed by atoms with van der Waals surface area (Å²) >= 11 is 0. The van der Waals surface area contributed by atoms with Gasteiger partial charge >= 0.3 is 0 Å². The van der Waals surface area contributed by atoms with E-state index in [2.05, 4.69) is 34.4 Å². The van der Waals surface area contributed by atoms with Crippen LogP contribution >= 0.6 is 0 Å². The Bertz CT molecular complexity index is 420. The molecule has 20 heavy (non-hydrogen) atoms. The predicted molar refractivity (Wildman–Crippen MR) is 82.1 cm³/mol. The molecule has 2 heterocycles. The predicted octanol–water partition coefficient (Wildman–Crippen LogP) is 3.06. The van der Waals surface area contributed by atoms with Crippen LogP contribution in [0.15, 0.2) is 12.3 Å².